The third-order valence-corrected chi connectivity index (χ3v) is 10.3. The van der Waals surface area contributed by atoms with E-state index < -0.39 is 0 Å². The molecule has 4 heteroatoms. The maximum absolute atomic E-state index is 6.45. The van der Waals surface area contributed by atoms with Crippen molar-refractivity contribution in [3.05, 3.63) is 193 Å². The van der Waals surface area contributed by atoms with Gasteiger partial charge in [0.05, 0.1) is 0 Å². The second kappa shape index (κ2) is 13.0. The van der Waals surface area contributed by atoms with Gasteiger partial charge < -0.3 is 4.42 Å². The maximum atomic E-state index is 6.45. The molecule has 0 saturated carbocycles. The Kier molecular flexibility index (Phi) is 7.58. The number of para-hydroxylation sites is 1. The molecule has 0 fully saturated rings. The molecule has 53 heavy (non-hydrogen) atoms. The van der Waals surface area contributed by atoms with Crippen LogP contribution in [0.4, 0.5) is 0 Å². The number of hydrogen-bond acceptors (Lipinski definition) is 4. The molecule has 9 aromatic rings. The van der Waals surface area contributed by atoms with Crippen molar-refractivity contribution in [3.63, 3.8) is 0 Å². The second-order valence-electron chi connectivity index (χ2n) is 13.5. The molecule has 0 amide bonds. The first-order chi connectivity index (χ1) is 26.3. The summed E-state index contributed by atoms with van der Waals surface area (Å²) < 4.78 is 6.45. The largest absolute Gasteiger partial charge is 0.456 e. The van der Waals surface area contributed by atoms with E-state index in [0.717, 1.165) is 56.2 Å². The molecular formula is C49H33N3O. The number of benzene rings is 7. The first-order valence-corrected chi connectivity index (χ1v) is 18.1. The molecule has 1 atom stereocenters. The van der Waals surface area contributed by atoms with Crippen LogP contribution in [0.1, 0.15) is 23.7 Å². The Labute approximate surface area is 307 Å². The predicted octanol–water partition coefficient (Wildman–Crippen LogP) is 12.7. The minimum atomic E-state index is 0.230. The summed E-state index contributed by atoms with van der Waals surface area (Å²) in [5.41, 5.74) is 10.2. The van der Waals surface area contributed by atoms with E-state index in [-0.39, 0.29) is 5.92 Å². The molecule has 2 aromatic heterocycles. The van der Waals surface area contributed by atoms with Gasteiger partial charge in [0, 0.05) is 33.4 Å². The zero-order valence-corrected chi connectivity index (χ0v) is 28.9. The summed E-state index contributed by atoms with van der Waals surface area (Å²) in [7, 11) is 0. The molecule has 1 aliphatic carbocycles. The Hall–Kier alpha value is -6.91. The Morgan fingerprint density at radius 1 is 0.472 bits per heavy atom. The first kappa shape index (κ1) is 30.9. The van der Waals surface area contributed by atoms with Gasteiger partial charge in [-0.25, -0.2) is 15.0 Å². The van der Waals surface area contributed by atoms with Crippen LogP contribution in [0.2, 0.25) is 0 Å². The maximum Gasteiger partial charge on any atom is 0.165 e. The number of fused-ring (bicyclic) bond motifs is 4. The molecule has 0 saturated heterocycles. The lowest BCUT2D eigenvalue weighted by Crippen LogP contribution is -2.06. The van der Waals surface area contributed by atoms with Crippen LogP contribution in [0.25, 0.3) is 83.3 Å². The van der Waals surface area contributed by atoms with E-state index in [9.17, 15) is 0 Å². The van der Waals surface area contributed by atoms with Crippen LogP contribution in [0.3, 0.4) is 0 Å². The summed E-state index contributed by atoms with van der Waals surface area (Å²) in [5.74, 6) is 2.11. The van der Waals surface area contributed by atoms with Crippen LogP contribution in [0, 0.1) is 0 Å². The van der Waals surface area contributed by atoms with Crippen LogP contribution in [0.5, 0.6) is 0 Å². The van der Waals surface area contributed by atoms with Crippen molar-refractivity contribution in [1.82, 2.24) is 15.0 Å². The van der Waals surface area contributed by atoms with E-state index in [2.05, 4.69) is 152 Å². The smallest absolute Gasteiger partial charge is 0.165 e. The molecule has 0 N–H and O–H groups in total. The highest BCUT2D eigenvalue weighted by Gasteiger charge is 2.23. The highest BCUT2D eigenvalue weighted by atomic mass is 16.3. The monoisotopic (exact) mass is 679 g/mol. The van der Waals surface area contributed by atoms with Crippen molar-refractivity contribution in [3.8, 4) is 45.0 Å². The zero-order valence-electron chi connectivity index (χ0n) is 28.9. The van der Waals surface area contributed by atoms with E-state index >= 15 is 0 Å². The summed E-state index contributed by atoms with van der Waals surface area (Å²) >= 11 is 0. The van der Waals surface area contributed by atoms with Gasteiger partial charge in [-0.3, -0.25) is 0 Å². The average Bonchev–Trinajstić information content (AvgIpc) is 3.62. The van der Waals surface area contributed by atoms with E-state index in [1.165, 1.54) is 27.5 Å². The lowest BCUT2D eigenvalue weighted by molar-refractivity contribution is 0.669. The van der Waals surface area contributed by atoms with Gasteiger partial charge in [-0.15, -0.1) is 0 Å². The van der Waals surface area contributed by atoms with Gasteiger partial charge in [0.25, 0.3) is 0 Å². The zero-order chi connectivity index (χ0) is 35.1. The van der Waals surface area contributed by atoms with Gasteiger partial charge in [0.15, 0.2) is 17.5 Å². The van der Waals surface area contributed by atoms with Gasteiger partial charge in [0.2, 0.25) is 0 Å². The van der Waals surface area contributed by atoms with Gasteiger partial charge in [-0.05, 0) is 63.2 Å². The number of nitrogens with zero attached hydrogens (tertiary/aromatic N) is 3. The standard InChI is InChI=1S/C49H33N3O/c1-3-13-32(14-4-1)37-19-11-20-38(31-37)48-50-47(36-16-5-2-6-17-36)51-49(52-48)46-41(29-30-44-45(46)42-22-9-10-24-43(42)53-44)35-27-25-34(26-28-35)40-23-12-18-33-15-7-8-21-39(33)40/h1-18,20-31,37H,19H2. The molecule has 0 bridgehead atoms. The number of allylic oxidation sites excluding steroid dienone is 4. The Morgan fingerprint density at radius 3 is 1.96 bits per heavy atom. The van der Waals surface area contributed by atoms with Crippen molar-refractivity contribution >= 4 is 38.3 Å². The van der Waals surface area contributed by atoms with E-state index in [0.29, 0.717) is 17.5 Å². The van der Waals surface area contributed by atoms with Crippen LogP contribution in [0.15, 0.2) is 186 Å². The van der Waals surface area contributed by atoms with Crippen molar-refractivity contribution in [1.29, 1.82) is 0 Å². The SMILES string of the molecule is C1=CC(c2nc(-c3ccccc3)nc(-c3c(-c4ccc(-c5cccc6ccccc56)cc4)ccc4oc5ccccc5c34)n2)=CC(c2ccccc2)C1. The Morgan fingerprint density at radius 2 is 1.13 bits per heavy atom. The van der Waals surface area contributed by atoms with Crippen molar-refractivity contribution in [2.45, 2.75) is 12.3 Å². The molecule has 4 nitrogen and oxygen atoms in total. The predicted molar refractivity (Wildman–Crippen MR) is 217 cm³/mol. The van der Waals surface area contributed by atoms with E-state index in [1.54, 1.807) is 0 Å². The molecule has 0 radical (unpaired) electrons. The molecule has 0 aliphatic heterocycles. The molecule has 7 aromatic carbocycles. The average molecular weight is 680 g/mol. The highest BCUT2D eigenvalue weighted by Crippen LogP contribution is 2.43. The summed E-state index contributed by atoms with van der Waals surface area (Å²) in [6.07, 6.45) is 7.60. The van der Waals surface area contributed by atoms with Gasteiger partial charge in [0.1, 0.15) is 11.2 Å². The summed E-state index contributed by atoms with van der Waals surface area (Å²) in [6, 6.07) is 57.1. The fourth-order valence-corrected chi connectivity index (χ4v) is 7.69. The minimum absolute atomic E-state index is 0.230. The highest BCUT2D eigenvalue weighted by molar-refractivity contribution is 6.15. The lowest BCUT2D eigenvalue weighted by atomic mass is 9.89. The van der Waals surface area contributed by atoms with E-state index in [4.69, 9.17) is 19.4 Å². The van der Waals surface area contributed by atoms with Gasteiger partial charge >= 0.3 is 0 Å². The molecule has 1 aliphatic rings. The molecule has 1 unspecified atom stereocenters. The Balaban J connectivity index is 1.19. The molecule has 10 rings (SSSR count). The van der Waals surface area contributed by atoms with Crippen LogP contribution >= 0.6 is 0 Å². The van der Waals surface area contributed by atoms with Crippen molar-refractivity contribution < 1.29 is 4.42 Å². The number of aromatic nitrogens is 3. The van der Waals surface area contributed by atoms with Crippen LogP contribution < -0.4 is 0 Å². The third-order valence-electron chi connectivity index (χ3n) is 10.3. The number of hydrogen-bond donors (Lipinski definition) is 0. The topological polar surface area (TPSA) is 51.8 Å². The van der Waals surface area contributed by atoms with Crippen LogP contribution in [-0.2, 0) is 0 Å². The fourth-order valence-electron chi connectivity index (χ4n) is 7.69. The van der Waals surface area contributed by atoms with Crippen molar-refractivity contribution in [2.24, 2.45) is 0 Å². The Bertz CT molecular complexity index is 2850. The second-order valence-corrected chi connectivity index (χ2v) is 13.5. The number of rotatable bonds is 6. The van der Waals surface area contributed by atoms with Crippen LogP contribution in [-0.4, -0.2) is 15.0 Å². The lowest BCUT2D eigenvalue weighted by Gasteiger charge is -2.18. The molecule has 2 heterocycles. The fraction of sp³-hybridized carbons (Fsp3) is 0.0408. The van der Waals surface area contributed by atoms with Gasteiger partial charge in [-0.1, -0.05) is 164 Å². The minimum Gasteiger partial charge on any atom is -0.456 e. The first-order valence-electron chi connectivity index (χ1n) is 18.1. The number of furan rings is 1. The van der Waals surface area contributed by atoms with E-state index in [1.807, 2.05) is 30.3 Å². The molecule has 250 valence electrons. The summed E-state index contributed by atoms with van der Waals surface area (Å²) in [6.45, 7) is 0. The normalized spacial score (nSPS) is 14.2. The molecule has 0 spiro atoms. The summed E-state index contributed by atoms with van der Waals surface area (Å²) in [5, 5.41) is 4.48. The third kappa shape index (κ3) is 5.62. The quantitative estimate of drug-likeness (QED) is 0.175. The molecular weight excluding hydrogens is 647 g/mol. The summed E-state index contributed by atoms with van der Waals surface area (Å²) in [4.78, 5) is 15.7. The van der Waals surface area contributed by atoms with Crippen molar-refractivity contribution in [2.75, 3.05) is 0 Å². The van der Waals surface area contributed by atoms with Gasteiger partial charge in [-0.2, -0.15) is 0 Å².